The molecule has 0 spiro atoms. The third-order valence-electron chi connectivity index (χ3n) is 7.83. The summed E-state index contributed by atoms with van der Waals surface area (Å²) in [5.41, 5.74) is 3.85. The number of benzene rings is 6. The van der Waals surface area contributed by atoms with E-state index in [-0.39, 0.29) is 0 Å². The first-order valence-electron chi connectivity index (χ1n) is 13.1. The molecule has 0 aliphatic carbocycles. The van der Waals surface area contributed by atoms with Crippen molar-refractivity contribution < 1.29 is 4.57 Å². The minimum atomic E-state index is -3.12. The Morgan fingerprint density at radius 3 is 1.90 bits per heavy atom. The first kappa shape index (κ1) is 22.3. The van der Waals surface area contributed by atoms with Crippen LogP contribution in [0.25, 0.3) is 49.1 Å². The standard InChI is InChI=1S/C35H23N2OP/c38-39(25-12-3-1-4-13-25,26-14-5-2-6-15-26)27-20-22-31-33(23-27)37-32-18-10-9-17-29(32)34-28-16-8-7-11-24(28)19-21-30(34)35(37)36-31/h1-23H. The summed E-state index contributed by atoms with van der Waals surface area (Å²) in [6.45, 7) is 0. The Hall–Kier alpha value is -4.72. The average molecular weight is 519 g/mol. The van der Waals surface area contributed by atoms with E-state index in [1.807, 2.05) is 72.8 Å². The van der Waals surface area contributed by atoms with E-state index in [0.29, 0.717) is 0 Å². The third kappa shape index (κ3) is 3.17. The Morgan fingerprint density at radius 1 is 0.513 bits per heavy atom. The molecule has 0 saturated heterocycles. The number of imidazole rings is 1. The number of para-hydroxylation sites is 1. The Kier molecular flexibility index (Phi) is 4.79. The van der Waals surface area contributed by atoms with Gasteiger partial charge in [0.2, 0.25) is 0 Å². The Balaban J connectivity index is 1.51. The molecule has 184 valence electrons. The molecule has 2 heterocycles. The summed E-state index contributed by atoms with van der Waals surface area (Å²) in [6, 6.07) is 47.2. The SMILES string of the molecule is O=P(c1ccccc1)(c1ccccc1)c1ccc2nc3c4ccc5ccccc5c4c4ccccc4n3c2c1. The number of pyridine rings is 1. The molecule has 0 fully saturated rings. The smallest absolute Gasteiger partial charge is 0.171 e. The van der Waals surface area contributed by atoms with Gasteiger partial charge in [0, 0.05) is 32.1 Å². The van der Waals surface area contributed by atoms with Crippen LogP contribution in [0.1, 0.15) is 0 Å². The maximum Gasteiger partial charge on any atom is 0.171 e. The second-order valence-electron chi connectivity index (χ2n) is 9.95. The molecule has 0 saturated carbocycles. The maximum absolute atomic E-state index is 15.1. The molecule has 0 atom stereocenters. The monoisotopic (exact) mass is 518 g/mol. The van der Waals surface area contributed by atoms with Crippen molar-refractivity contribution in [3.63, 3.8) is 0 Å². The topological polar surface area (TPSA) is 34.4 Å². The van der Waals surface area contributed by atoms with Gasteiger partial charge in [0.25, 0.3) is 0 Å². The highest BCUT2D eigenvalue weighted by molar-refractivity contribution is 7.85. The van der Waals surface area contributed by atoms with Crippen molar-refractivity contribution in [3.05, 3.63) is 140 Å². The van der Waals surface area contributed by atoms with Gasteiger partial charge in [-0.1, -0.05) is 109 Å². The number of fused-ring (bicyclic) bond motifs is 10. The molecule has 0 unspecified atom stereocenters. The number of nitrogens with zero attached hydrogens (tertiary/aromatic N) is 2. The zero-order valence-corrected chi connectivity index (χ0v) is 21.9. The lowest BCUT2D eigenvalue weighted by Gasteiger charge is -2.20. The molecule has 0 N–H and O–H groups in total. The minimum absolute atomic E-state index is 0.803. The van der Waals surface area contributed by atoms with Gasteiger partial charge < -0.3 is 4.57 Å². The molecule has 2 aromatic heterocycles. The van der Waals surface area contributed by atoms with Crippen LogP contribution in [0.4, 0.5) is 0 Å². The quantitative estimate of drug-likeness (QED) is 0.178. The molecule has 39 heavy (non-hydrogen) atoms. The van der Waals surface area contributed by atoms with E-state index in [4.69, 9.17) is 4.98 Å². The van der Waals surface area contributed by atoms with Gasteiger partial charge in [-0.05, 0) is 41.1 Å². The highest BCUT2D eigenvalue weighted by Gasteiger charge is 2.30. The van der Waals surface area contributed by atoms with E-state index in [0.717, 1.165) is 43.5 Å². The molecule has 4 heteroatoms. The van der Waals surface area contributed by atoms with Crippen molar-refractivity contribution in [2.45, 2.75) is 0 Å². The summed E-state index contributed by atoms with van der Waals surface area (Å²) < 4.78 is 17.4. The van der Waals surface area contributed by atoms with Crippen LogP contribution < -0.4 is 15.9 Å². The highest BCUT2D eigenvalue weighted by Crippen LogP contribution is 2.43. The predicted molar refractivity (Wildman–Crippen MR) is 165 cm³/mol. The molecule has 8 rings (SSSR count). The molecule has 0 amide bonds. The van der Waals surface area contributed by atoms with E-state index >= 15 is 4.57 Å². The van der Waals surface area contributed by atoms with Gasteiger partial charge in [-0.2, -0.15) is 0 Å². The van der Waals surface area contributed by atoms with Crippen molar-refractivity contribution in [1.29, 1.82) is 0 Å². The zero-order valence-electron chi connectivity index (χ0n) is 21.0. The zero-order chi connectivity index (χ0) is 26.0. The Labute approximate surface area is 225 Å². The van der Waals surface area contributed by atoms with E-state index in [1.54, 1.807) is 0 Å². The second kappa shape index (κ2) is 8.39. The van der Waals surface area contributed by atoms with Gasteiger partial charge in [-0.15, -0.1) is 0 Å². The van der Waals surface area contributed by atoms with Crippen LogP contribution in [0.3, 0.4) is 0 Å². The number of aromatic nitrogens is 2. The largest absolute Gasteiger partial charge is 0.309 e. The van der Waals surface area contributed by atoms with E-state index in [1.165, 1.54) is 21.5 Å². The lowest BCUT2D eigenvalue weighted by Crippen LogP contribution is -2.24. The summed E-state index contributed by atoms with van der Waals surface area (Å²) in [4.78, 5) is 5.14. The summed E-state index contributed by atoms with van der Waals surface area (Å²) >= 11 is 0. The fraction of sp³-hybridized carbons (Fsp3) is 0. The molecule has 0 radical (unpaired) electrons. The molecule has 0 aliphatic rings. The summed E-state index contributed by atoms with van der Waals surface area (Å²) in [5, 5.41) is 8.39. The van der Waals surface area contributed by atoms with Crippen LogP contribution in [0.2, 0.25) is 0 Å². The van der Waals surface area contributed by atoms with Gasteiger partial charge in [0.05, 0.1) is 16.6 Å². The van der Waals surface area contributed by atoms with E-state index in [2.05, 4.69) is 71.1 Å². The van der Waals surface area contributed by atoms with Gasteiger partial charge in [0.15, 0.2) is 7.14 Å². The van der Waals surface area contributed by atoms with Crippen LogP contribution in [0.5, 0.6) is 0 Å². The van der Waals surface area contributed by atoms with Crippen LogP contribution >= 0.6 is 7.14 Å². The number of hydrogen-bond donors (Lipinski definition) is 0. The predicted octanol–water partition coefficient (Wildman–Crippen LogP) is 7.59. The highest BCUT2D eigenvalue weighted by atomic mass is 31.2. The summed E-state index contributed by atoms with van der Waals surface area (Å²) in [6.07, 6.45) is 0. The van der Waals surface area contributed by atoms with Gasteiger partial charge in [0.1, 0.15) is 5.65 Å². The molecule has 3 nitrogen and oxygen atoms in total. The van der Waals surface area contributed by atoms with Gasteiger partial charge in [-0.25, -0.2) is 4.98 Å². The molecule has 8 aromatic rings. The van der Waals surface area contributed by atoms with Crippen molar-refractivity contribution in [2.75, 3.05) is 0 Å². The molecular weight excluding hydrogens is 495 g/mol. The van der Waals surface area contributed by atoms with Crippen molar-refractivity contribution in [2.24, 2.45) is 0 Å². The lowest BCUT2D eigenvalue weighted by molar-refractivity contribution is 0.592. The maximum atomic E-state index is 15.1. The normalized spacial score (nSPS) is 12.2. The van der Waals surface area contributed by atoms with Gasteiger partial charge >= 0.3 is 0 Å². The molecular formula is C35H23N2OP. The lowest BCUT2D eigenvalue weighted by atomic mass is 9.99. The summed E-state index contributed by atoms with van der Waals surface area (Å²) in [5.74, 6) is 0. The minimum Gasteiger partial charge on any atom is -0.309 e. The van der Waals surface area contributed by atoms with Crippen molar-refractivity contribution in [3.8, 4) is 0 Å². The van der Waals surface area contributed by atoms with Crippen LogP contribution in [-0.2, 0) is 4.57 Å². The van der Waals surface area contributed by atoms with E-state index < -0.39 is 7.14 Å². The first-order valence-corrected chi connectivity index (χ1v) is 14.8. The van der Waals surface area contributed by atoms with Crippen LogP contribution in [-0.4, -0.2) is 9.38 Å². The second-order valence-corrected chi connectivity index (χ2v) is 12.7. The van der Waals surface area contributed by atoms with Crippen LogP contribution in [0.15, 0.2) is 140 Å². The third-order valence-corrected chi connectivity index (χ3v) is 10.9. The first-order chi connectivity index (χ1) is 19.2. The Morgan fingerprint density at radius 2 is 1.15 bits per heavy atom. The average Bonchev–Trinajstić information content (AvgIpc) is 3.40. The molecule has 0 aliphatic heterocycles. The molecule has 6 aromatic carbocycles. The number of hydrogen-bond acceptors (Lipinski definition) is 2. The Bertz CT molecular complexity index is 2210. The fourth-order valence-electron chi connectivity index (χ4n) is 6.04. The van der Waals surface area contributed by atoms with Crippen molar-refractivity contribution in [1.82, 2.24) is 9.38 Å². The summed E-state index contributed by atoms with van der Waals surface area (Å²) in [7, 11) is -3.12. The fourth-order valence-corrected chi connectivity index (χ4v) is 8.70. The van der Waals surface area contributed by atoms with Gasteiger partial charge in [-0.3, -0.25) is 4.40 Å². The van der Waals surface area contributed by atoms with Crippen LogP contribution in [0, 0.1) is 0 Å². The number of rotatable bonds is 3. The molecule has 0 bridgehead atoms. The van der Waals surface area contributed by atoms with E-state index in [9.17, 15) is 0 Å². The van der Waals surface area contributed by atoms with Crippen molar-refractivity contribution >= 4 is 72.2 Å².